The molecule has 0 saturated heterocycles. The largest absolute Gasteiger partial charge is 0.309 e. The molecule has 0 radical (unpaired) electrons. The molecule has 2 nitrogen and oxygen atoms in total. The van der Waals surface area contributed by atoms with Gasteiger partial charge in [0.2, 0.25) is 0 Å². The van der Waals surface area contributed by atoms with Crippen LogP contribution in [0.15, 0.2) is 170 Å². The summed E-state index contributed by atoms with van der Waals surface area (Å²) in [6.45, 7) is 0. The first-order chi connectivity index (χ1) is 23.8. The third kappa shape index (κ3) is 3.19. The second-order valence-corrected chi connectivity index (χ2v) is 13.1. The van der Waals surface area contributed by atoms with E-state index in [1.54, 1.807) is 0 Å². The number of rotatable bonds is 4. The Morgan fingerprint density at radius 2 is 1.04 bits per heavy atom. The van der Waals surface area contributed by atoms with Crippen LogP contribution in [-0.2, 0) is 5.41 Å². The molecule has 7 aromatic carbocycles. The van der Waals surface area contributed by atoms with Crippen LogP contribution in [0.1, 0.15) is 22.3 Å². The number of hydrogen-bond donors (Lipinski definition) is 0. The van der Waals surface area contributed by atoms with Crippen LogP contribution in [0.25, 0.3) is 71.9 Å². The molecule has 11 rings (SSSR count). The fraction of sp³-hybridized carbons (Fsp3) is 0.0217. The van der Waals surface area contributed by atoms with Crippen molar-refractivity contribution in [1.29, 1.82) is 0 Å². The molecule has 2 heterocycles. The summed E-state index contributed by atoms with van der Waals surface area (Å²) in [4.78, 5) is 5.22. The third-order valence-electron chi connectivity index (χ3n) is 10.8. The molecular formula is C46H28N2. The Morgan fingerprint density at radius 1 is 0.438 bits per heavy atom. The molecule has 2 aliphatic carbocycles. The Bertz CT molecular complexity index is 2700. The van der Waals surface area contributed by atoms with Crippen molar-refractivity contribution in [2.75, 3.05) is 0 Å². The molecule has 2 aliphatic rings. The van der Waals surface area contributed by atoms with Crippen LogP contribution in [0.5, 0.6) is 0 Å². The van der Waals surface area contributed by atoms with Gasteiger partial charge in [0.1, 0.15) is 0 Å². The highest BCUT2D eigenvalue weighted by Crippen LogP contribution is 2.63. The summed E-state index contributed by atoms with van der Waals surface area (Å²) in [5, 5.41) is 5.32. The number of benzene rings is 7. The predicted molar refractivity (Wildman–Crippen MR) is 198 cm³/mol. The summed E-state index contributed by atoms with van der Waals surface area (Å²) in [6.07, 6.45) is 0. The van der Waals surface area contributed by atoms with Crippen molar-refractivity contribution >= 4 is 32.6 Å². The topological polar surface area (TPSA) is 17.8 Å². The molecule has 0 N–H and O–H groups in total. The molecule has 222 valence electrons. The molecule has 9 aromatic rings. The molecule has 0 bridgehead atoms. The molecule has 2 aromatic heterocycles. The average Bonchev–Trinajstić information content (AvgIpc) is 3.67. The van der Waals surface area contributed by atoms with E-state index < -0.39 is 5.41 Å². The van der Waals surface area contributed by atoms with Gasteiger partial charge in [-0.25, -0.2) is 4.98 Å². The number of nitrogens with zero attached hydrogens (tertiary/aromatic N) is 2. The van der Waals surface area contributed by atoms with E-state index in [1.807, 2.05) is 0 Å². The minimum absolute atomic E-state index is 0.414. The lowest BCUT2D eigenvalue weighted by Crippen LogP contribution is -2.30. The zero-order valence-electron chi connectivity index (χ0n) is 26.1. The van der Waals surface area contributed by atoms with Crippen molar-refractivity contribution in [2.24, 2.45) is 0 Å². The van der Waals surface area contributed by atoms with Crippen molar-refractivity contribution in [3.63, 3.8) is 0 Å². The lowest BCUT2D eigenvalue weighted by atomic mass is 9.63. The number of pyridine rings is 1. The van der Waals surface area contributed by atoms with Crippen molar-refractivity contribution in [3.05, 3.63) is 192 Å². The number of hydrogen-bond acceptors (Lipinski definition) is 1. The van der Waals surface area contributed by atoms with Gasteiger partial charge in [0.25, 0.3) is 0 Å². The Morgan fingerprint density at radius 3 is 1.77 bits per heavy atom. The zero-order chi connectivity index (χ0) is 31.4. The van der Waals surface area contributed by atoms with E-state index in [4.69, 9.17) is 4.98 Å². The van der Waals surface area contributed by atoms with Crippen molar-refractivity contribution in [1.82, 2.24) is 9.55 Å². The summed E-state index contributed by atoms with van der Waals surface area (Å²) >= 11 is 0. The van der Waals surface area contributed by atoms with Gasteiger partial charge in [0.05, 0.1) is 33.5 Å². The Balaban J connectivity index is 1.33. The van der Waals surface area contributed by atoms with Crippen molar-refractivity contribution in [2.45, 2.75) is 5.41 Å². The minimum atomic E-state index is -0.414. The monoisotopic (exact) mass is 608 g/mol. The van der Waals surface area contributed by atoms with E-state index in [-0.39, 0.29) is 0 Å². The summed E-state index contributed by atoms with van der Waals surface area (Å²) in [7, 11) is 0. The number of aromatic nitrogens is 2. The zero-order valence-corrected chi connectivity index (χ0v) is 26.1. The molecule has 0 saturated carbocycles. The second-order valence-electron chi connectivity index (χ2n) is 13.1. The first-order valence-electron chi connectivity index (χ1n) is 16.6. The molecule has 0 aliphatic heterocycles. The van der Waals surface area contributed by atoms with Crippen LogP contribution in [0.3, 0.4) is 0 Å². The smallest absolute Gasteiger partial charge is 0.0730 e. The maximum atomic E-state index is 5.22. The van der Waals surface area contributed by atoms with E-state index >= 15 is 0 Å². The highest BCUT2D eigenvalue weighted by Gasteiger charge is 2.50. The first-order valence-corrected chi connectivity index (χ1v) is 16.6. The van der Waals surface area contributed by atoms with Gasteiger partial charge in [0.15, 0.2) is 0 Å². The standard InChI is InChI=1S/C46H28N2/c1-4-13-29(14-5-1)38-27-33(28-39(47-38)30-15-6-2-7-16-30)48-40-25-23-31-17-12-22-37-42(31)43(40)44-41(48)26-24-35-34-20-10-11-21-36(34)46(37,45(35)44)32-18-8-3-9-19-32/h1-28H. The van der Waals surface area contributed by atoms with Crippen LogP contribution >= 0.6 is 0 Å². The quantitative estimate of drug-likeness (QED) is 0.194. The highest BCUT2D eigenvalue weighted by molar-refractivity contribution is 6.28. The fourth-order valence-corrected chi connectivity index (χ4v) is 8.93. The maximum Gasteiger partial charge on any atom is 0.0730 e. The average molecular weight is 609 g/mol. The van der Waals surface area contributed by atoms with Crippen molar-refractivity contribution in [3.8, 4) is 39.3 Å². The molecule has 48 heavy (non-hydrogen) atoms. The van der Waals surface area contributed by atoms with Gasteiger partial charge in [-0.1, -0.05) is 146 Å². The van der Waals surface area contributed by atoms with E-state index in [2.05, 4.69) is 174 Å². The molecular weight excluding hydrogens is 581 g/mol. The minimum Gasteiger partial charge on any atom is -0.309 e. The molecule has 0 fully saturated rings. The Labute approximate surface area is 278 Å². The molecule has 1 atom stereocenters. The second kappa shape index (κ2) is 9.40. The van der Waals surface area contributed by atoms with E-state index in [1.165, 1.54) is 66.0 Å². The lowest BCUT2D eigenvalue weighted by Gasteiger charge is -2.37. The van der Waals surface area contributed by atoms with E-state index in [0.29, 0.717) is 0 Å². The Hall–Kier alpha value is -6.25. The van der Waals surface area contributed by atoms with Gasteiger partial charge in [0, 0.05) is 21.9 Å². The fourth-order valence-electron chi connectivity index (χ4n) is 8.93. The summed E-state index contributed by atoms with van der Waals surface area (Å²) in [6, 6.07) is 62.2. The van der Waals surface area contributed by atoms with E-state index in [0.717, 1.165) is 28.2 Å². The van der Waals surface area contributed by atoms with Gasteiger partial charge >= 0.3 is 0 Å². The third-order valence-corrected chi connectivity index (χ3v) is 10.8. The van der Waals surface area contributed by atoms with Crippen LogP contribution in [0, 0.1) is 0 Å². The first kappa shape index (κ1) is 25.9. The highest BCUT2D eigenvalue weighted by atomic mass is 15.0. The summed E-state index contributed by atoms with van der Waals surface area (Å²) < 4.78 is 2.49. The normalized spacial score (nSPS) is 15.6. The van der Waals surface area contributed by atoms with Gasteiger partial charge in [-0.15, -0.1) is 0 Å². The maximum absolute atomic E-state index is 5.22. The van der Waals surface area contributed by atoms with Crippen LogP contribution in [0.2, 0.25) is 0 Å². The molecule has 0 spiro atoms. The molecule has 2 heteroatoms. The molecule has 0 amide bonds. The van der Waals surface area contributed by atoms with Crippen LogP contribution < -0.4 is 0 Å². The summed E-state index contributed by atoms with van der Waals surface area (Å²) in [5.74, 6) is 0. The van der Waals surface area contributed by atoms with Gasteiger partial charge in [-0.3, -0.25) is 0 Å². The summed E-state index contributed by atoms with van der Waals surface area (Å²) in [5.41, 5.74) is 15.4. The van der Waals surface area contributed by atoms with Crippen LogP contribution in [-0.4, -0.2) is 9.55 Å². The Kier molecular flexibility index (Phi) is 5.07. The lowest BCUT2D eigenvalue weighted by molar-refractivity contribution is 0.782. The van der Waals surface area contributed by atoms with Crippen LogP contribution in [0.4, 0.5) is 0 Å². The van der Waals surface area contributed by atoms with Gasteiger partial charge < -0.3 is 4.57 Å². The van der Waals surface area contributed by atoms with Crippen molar-refractivity contribution < 1.29 is 0 Å². The SMILES string of the molecule is c1ccc(-c2cc(-n3c4ccc5c6c4c4c7c(cccc7ccc43)C6(c3ccccc3)c3ccccc3-5)cc(-c3ccccc3)n2)cc1. The predicted octanol–water partition coefficient (Wildman–Crippen LogP) is 11.3. The number of fused-ring (bicyclic) bond motifs is 4. The van der Waals surface area contributed by atoms with Gasteiger partial charge in [-0.2, -0.15) is 0 Å². The molecule has 1 unspecified atom stereocenters. The van der Waals surface area contributed by atoms with E-state index in [9.17, 15) is 0 Å². The van der Waals surface area contributed by atoms with Gasteiger partial charge in [-0.05, 0) is 68.4 Å².